The molecule has 0 aromatic heterocycles. The van der Waals surface area contributed by atoms with Crippen LogP contribution in [-0.2, 0) is 19.3 Å². The van der Waals surface area contributed by atoms with Gasteiger partial charge in [-0.05, 0) is 29.8 Å². The third kappa shape index (κ3) is 5.49. The van der Waals surface area contributed by atoms with Gasteiger partial charge in [-0.15, -0.1) is 0 Å². The van der Waals surface area contributed by atoms with Crippen LogP contribution in [0.2, 0.25) is 0 Å². The van der Waals surface area contributed by atoms with Crippen molar-refractivity contribution in [2.24, 2.45) is 4.99 Å². The largest absolute Gasteiger partial charge is 0.493 e. The quantitative estimate of drug-likeness (QED) is 0.538. The van der Waals surface area contributed by atoms with E-state index in [0.717, 1.165) is 23.3 Å². The van der Waals surface area contributed by atoms with E-state index in [1.54, 1.807) is 34.4 Å². The van der Waals surface area contributed by atoms with E-state index in [4.69, 9.17) is 14.2 Å². The molecular formula is C21H26F3N3O3. The van der Waals surface area contributed by atoms with Gasteiger partial charge < -0.3 is 24.4 Å². The highest BCUT2D eigenvalue weighted by Crippen LogP contribution is 2.39. The molecule has 0 heterocycles. The summed E-state index contributed by atoms with van der Waals surface area (Å²) in [7, 11) is 8.07. The molecule has 0 aliphatic heterocycles. The first-order chi connectivity index (χ1) is 14.2. The number of nitrogens with zero attached hydrogens (tertiary/aromatic N) is 2. The molecule has 0 atom stereocenters. The molecule has 1 N–H and O–H groups in total. The Hall–Kier alpha value is -3.10. The number of benzene rings is 2. The molecule has 0 amide bonds. The van der Waals surface area contributed by atoms with Crippen LogP contribution >= 0.6 is 0 Å². The number of methoxy groups -OCH3 is 3. The first-order valence-electron chi connectivity index (χ1n) is 9.10. The number of hydrogen-bond donors (Lipinski definition) is 1. The van der Waals surface area contributed by atoms with E-state index in [1.165, 1.54) is 19.2 Å². The van der Waals surface area contributed by atoms with Gasteiger partial charge in [0.15, 0.2) is 17.5 Å². The van der Waals surface area contributed by atoms with E-state index in [-0.39, 0.29) is 0 Å². The van der Waals surface area contributed by atoms with Gasteiger partial charge >= 0.3 is 6.18 Å². The lowest BCUT2D eigenvalue weighted by Gasteiger charge is -2.23. The molecule has 0 bridgehead atoms. The predicted molar refractivity (Wildman–Crippen MR) is 109 cm³/mol. The standard InChI is InChI=1S/C21H26F3N3O3/c1-25-20(27(2)13-14-6-9-16(10-7-14)21(22,23)24)26-12-15-8-11-17(28-3)19(30-5)18(15)29-4/h6-11H,12-13H2,1-5H3,(H,25,26). The van der Waals surface area contributed by atoms with E-state index in [2.05, 4.69) is 10.3 Å². The minimum Gasteiger partial charge on any atom is -0.493 e. The minimum atomic E-state index is -4.35. The van der Waals surface area contributed by atoms with Crippen LogP contribution in [0.4, 0.5) is 13.2 Å². The van der Waals surface area contributed by atoms with Gasteiger partial charge in [0.1, 0.15) is 0 Å². The zero-order valence-electron chi connectivity index (χ0n) is 17.6. The fraction of sp³-hybridized carbons (Fsp3) is 0.381. The average Bonchev–Trinajstić information content (AvgIpc) is 2.73. The molecule has 9 heteroatoms. The second-order valence-electron chi connectivity index (χ2n) is 6.44. The first kappa shape index (κ1) is 23.2. The van der Waals surface area contributed by atoms with E-state index in [1.807, 2.05) is 11.0 Å². The summed E-state index contributed by atoms with van der Waals surface area (Å²) in [5.74, 6) is 2.17. The highest BCUT2D eigenvalue weighted by Gasteiger charge is 2.30. The van der Waals surface area contributed by atoms with Gasteiger partial charge in [-0.25, -0.2) is 0 Å². The molecule has 2 rings (SSSR count). The van der Waals surface area contributed by atoms with Crippen LogP contribution in [-0.4, -0.2) is 46.3 Å². The molecule has 164 valence electrons. The van der Waals surface area contributed by atoms with Crippen LogP contribution < -0.4 is 19.5 Å². The molecule has 0 radical (unpaired) electrons. The Morgan fingerprint density at radius 2 is 1.60 bits per heavy atom. The summed E-state index contributed by atoms with van der Waals surface area (Å²) in [6, 6.07) is 8.72. The zero-order valence-corrected chi connectivity index (χ0v) is 17.6. The van der Waals surface area contributed by atoms with Gasteiger partial charge in [0.2, 0.25) is 5.75 Å². The minimum absolute atomic E-state index is 0.390. The molecule has 6 nitrogen and oxygen atoms in total. The lowest BCUT2D eigenvalue weighted by Crippen LogP contribution is -2.38. The van der Waals surface area contributed by atoms with Crippen LogP contribution in [0.15, 0.2) is 41.4 Å². The highest BCUT2D eigenvalue weighted by molar-refractivity contribution is 5.79. The molecule has 0 aliphatic carbocycles. The van der Waals surface area contributed by atoms with E-state index in [0.29, 0.717) is 36.3 Å². The van der Waals surface area contributed by atoms with Gasteiger partial charge in [0.05, 0.1) is 26.9 Å². The van der Waals surface area contributed by atoms with Gasteiger partial charge in [-0.2, -0.15) is 13.2 Å². The Labute approximate surface area is 174 Å². The summed E-state index contributed by atoms with van der Waals surface area (Å²) in [5, 5.41) is 3.22. The topological polar surface area (TPSA) is 55.3 Å². The van der Waals surface area contributed by atoms with Crippen molar-refractivity contribution in [2.45, 2.75) is 19.3 Å². The van der Waals surface area contributed by atoms with Crippen LogP contribution in [0.1, 0.15) is 16.7 Å². The van der Waals surface area contributed by atoms with Crippen molar-refractivity contribution in [3.8, 4) is 17.2 Å². The van der Waals surface area contributed by atoms with Crippen molar-refractivity contribution in [1.29, 1.82) is 0 Å². The molecular weight excluding hydrogens is 399 g/mol. The van der Waals surface area contributed by atoms with Crippen LogP contribution in [0.5, 0.6) is 17.2 Å². The fourth-order valence-corrected chi connectivity index (χ4v) is 3.01. The Balaban J connectivity index is 2.09. The molecule has 0 saturated heterocycles. The number of nitrogens with one attached hydrogen (secondary N) is 1. The Morgan fingerprint density at radius 1 is 0.967 bits per heavy atom. The summed E-state index contributed by atoms with van der Waals surface area (Å²) in [4.78, 5) is 6.06. The number of aliphatic imine (C=N–C) groups is 1. The Kier molecular flexibility index (Phi) is 7.79. The second kappa shape index (κ2) is 10.1. The van der Waals surface area contributed by atoms with Gasteiger partial charge in [-0.1, -0.05) is 12.1 Å². The van der Waals surface area contributed by atoms with Crippen LogP contribution in [0, 0.1) is 0 Å². The second-order valence-corrected chi connectivity index (χ2v) is 6.44. The Morgan fingerprint density at radius 3 is 2.10 bits per heavy atom. The van der Waals surface area contributed by atoms with Gasteiger partial charge in [0.25, 0.3) is 0 Å². The number of guanidine groups is 1. The van der Waals surface area contributed by atoms with Crippen molar-refractivity contribution in [3.05, 3.63) is 53.1 Å². The monoisotopic (exact) mass is 425 g/mol. The van der Waals surface area contributed by atoms with Crippen molar-refractivity contribution >= 4 is 5.96 Å². The van der Waals surface area contributed by atoms with E-state index in [9.17, 15) is 13.2 Å². The van der Waals surface area contributed by atoms with Crippen LogP contribution in [0.3, 0.4) is 0 Å². The summed E-state index contributed by atoms with van der Waals surface area (Å²) in [6.07, 6.45) is -4.35. The molecule has 0 spiro atoms. The summed E-state index contributed by atoms with van der Waals surface area (Å²) < 4.78 is 54.3. The number of halogens is 3. The van der Waals surface area contributed by atoms with Gasteiger partial charge in [0, 0.05) is 32.7 Å². The van der Waals surface area contributed by atoms with Crippen molar-refractivity contribution in [1.82, 2.24) is 10.2 Å². The number of rotatable bonds is 7. The zero-order chi connectivity index (χ0) is 22.3. The first-order valence-corrected chi connectivity index (χ1v) is 9.10. The molecule has 0 aliphatic rings. The maximum atomic E-state index is 12.7. The van der Waals surface area contributed by atoms with Crippen molar-refractivity contribution in [3.63, 3.8) is 0 Å². The molecule has 0 unspecified atom stereocenters. The summed E-state index contributed by atoms with van der Waals surface area (Å²) in [5.41, 5.74) is 0.897. The predicted octanol–water partition coefficient (Wildman–Crippen LogP) is 3.94. The lowest BCUT2D eigenvalue weighted by molar-refractivity contribution is -0.137. The highest BCUT2D eigenvalue weighted by atomic mass is 19.4. The van der Waals surface area contributed by atoms with E-state index >= 15 is 0 Å². The van der Waals surface area contributed by atoms with Crippen molar-refractivity contribution < 1.29 is 27.4 Å². The molecule has 2 aromatic rings. The fourth-order valence-electron chi connectivity index (χ4n) is 3.01. The SMILES string of the molecule is CN=C(NCc1ccc(OC)c(OC)c1OC)N(C)Cc1ccc(C(F)(F)F)cc1. The third-order valence-electron chi connectivity index (χ3n) is 4.50. The Bertz CT molecular complexity index is 868. The third-order valence-corrected chi connectivity index (χ3v) is 4.50. The number of hydrogen-bond acceptors (Lipinski definition) is 4. The van der Waals surface area contributed by atoms with Crippen LogP contribution in [0.25, 0.3) is 0 Å². The maximum Gasteiger partial charge on any atom is 0.416 e. The number of ether oxygens (including phenoxy) is 3. The smallest absolute Gasteiger partial charge is 0.416 e. The molecule has 0 saturated carbocycles. The molecule has 0 fully saturated rings. The van der Waals surface area contributed by atoms with Crippen molar-refractivity contribution in [2.75, 3.05) is 35.4 Å². The molecule has 2 aromatic carbocycles. The van der Waals surface area contributed by atoms with Gasteiger partial charge in [-0.3, -0.25) is 4.99 Å². The molecule has 30 heavy (non-hydrogen) atoms. The summed E-state index contributed by atoms with van der Waals surface area (Å²) in [6.45, 7) is 0.786. The van der Waals surface area contributed by atoms with E-state index < -0.39 is 11.7 Å². The summed E-state index contributed by atoms with van der Waals surface area (Å²) >= 11 is 0. The number of alkyl halides is 3. The average molecular weight is 425 g/mol. The normalized spacial score (nSPS) is 11.8. The maximum absolute atomic E-state index is 12.7. The lowest BCUT2D eigenvalue weighted by atomic mass is 10.1.